The number of aliphatic hydroxyl groups is 1. The molecule has 12 heteroatoms. The molecule has 0 radical (unpaired) electrons. The van der Waals surface area contributed by atoms with E-state index in [0.29, 0.717) is 0 Å². The third-order valence-corrected chi connectivity index (χ3v) is 5.62. The molecule has 0 saturated carbocycles. The summed E-state index contributed by atoms with van der Waals surface area (Å²) < 4.78 is 65.2. The van der Waals surface area contributed by atoms with Gasteiger partial charge in [-0.05, 0) is 37.3 Å². The van der Waals surface area contributed by atoms with Crippen LogP contribution in [-0.2, 0) is 14.8 Å². The zero-order valence-electron chi connectivity index (χ0n) is 14.0. The van der Waals surface area contributed by atoms with Gasteiger partial charge >= 0.3 is 6.18 Å². The van der Waals surface area contributed by atoms with Crippen molar-refractivity contribution in [2.24, 2.45) is 0 Å². The van der Waals surface area contributed by atoms with E-state index in [-0.39, 0.29) is 33.2 Å². The summed E-state index contributed by atoms with van der Waals surface area (Å²) in [7, 11) is -4.12. The number of rotatable bonds is 5. The first-order valence-electron chi connectivity index (χ1n) is 7.43. The van der Waals surface area contributed by atoms with Gasteiger partial charge in [0.2, 0.25) is 5.60 Å². The monoisotopic (exact) mass is 456 g/mol. The topological polar surface area (TPSA) is 95.5 Å². The Balaban J connectivity index is 2.27. The van der Waals surface area contributed by atoms with Crippen molar-refractivity contribution in [3.63, 3.8) is 0 Å². The van der Waals surface area contributed by atoms with Crippen LogP contribution < -0.4 is 10.0 Å². The van der Waals surface area contributed by atoms with Gasteiger partial charge in [0.15, 0.2) is 0 Å². The Hall–Kier alpha value is -2.01. The molecule has 0 aliphatic rings. The maximum absolute atomic E-state index is 12.7. The largest absolute Gasteiger partial charge is 0.426 e. The highest BCUT2D eigenvalue weighted by atomic mass is 35.5. The van der Waals surface area contributed by atoms with Crippen LogP contribution in [0.3, 0.4) is 0 Å². The van der Waals surface area contributed by atoms with Crippen LogP contribution in [0.15, 0.2) is 47.4 Å². The minimum atomic E-state index is -5.22. The number of anilines is 2. The molecule has 2 rings (SSSR count). The fraction of sp³-hybridized carbons (Fsp3) is 0.188. The highest BCUT2D eigenvalue weighted by Crippen LogP contribution is 2.33. The van der Waals surface area contributed by atoms with E-state index in [9.17, 15) is 31.5 Å². The second kappa shape index (κ2) is 7.78. The van der Waals surface area contributed by atoms with Crippen molar-refractivity contribution in [3.8, 4) is 0 Å². The van der Waals surface area contributed by atoms with E-state index in [1.54, 1.807) is 12.1 Å². The molecular formula is C16H13Cl2F3N2O4S. The van der Waals surface area contributed by atoms with Gasteiger partial charge in [-0.15, -0.1) is 0 Å². The van der Waals surface area contributed by atoms with Crippen LogP contribution in [0.2, 0.25) is 10.0 Å². The van der Waals surface area contributed by atoms with Gasteiger partial charge in [0.05, 0.1) is 26.3 Å². The number of carbonyl (C=O) groups excluding carboxylic acids is 1. The number of sulfonamides is 1. The Bertz CT molecular complexity index is 1010. The molecule has 0 saturated heterocycles. The summed E-state index contributed by atoms with van der Waals surface area (Å²) in [6.07, 6.45) is -5.22. The molecule has 0 heterocycles. The van der Waals surface area contributed by atoms with E-state index in [4.69, 9.17) is 23.2 Å². The van der Waals surface area contributed by atoms with Gasteiger partial charge in [-0.2, -0.15) is 13.2 Å². The van der Waals surface area contributed by atoms with Gasteiger partial charge in [-0.3, -0.25) is 9.52 Å². The fourth-order valence-electron chi connectivity index (χ4n) is 1.88. The maximum Gasteiger partial charge on any atom is 0.426 e. The number of para-hydroxylation sites is 1. The molecule has 1 amide bonds. The first kappa shape index (κ1) is 22.3. The second-order valence-corrected chi connectivity index (χ2v) is 8.25. The van der Waals surface area contributed by atoms with Crippen LogP contribution in [0.4, 0.5) is 24.5 Å². The average molecular weight is 457 g/mol. The van der Waals surface area contributed by atoms with Crippen LogP contribution in [0.25, 0.3) is 0 Å². The Labute approximate surface area is 168 Å². The smallest absolute Gasteiger partial charge is 0.373 e. The van der Waals surface area contributed by atoms with Crippen molar-refractivity contribution < 1.29 is 31.5 Å². The lowest BCUT2D eigenvalue weighted by atomic mass is 10.1. The highest BCUT2D eigenvalue weighted by molar-refractivity contribution is 7.92. The van der Waals surface area contributed by atoms with Gasteiger partial charge in [-0.1, -0.05) is 35.3 Å². The van der Waals surface area contributed by atoms with Crippen molar-refractivity contribution in [1.82, 2.24) is 0 Å². The molecule has 0 spiro atoms. The SMILES string of the molecule is CC(O)(C(=O)Nc1ccc(S(=O)(=O)Nc2ccccc2Cl)cc1Cl)C(F)(F)F. The molecule has 0 aliphatic carbocycles. The average Bonchev–Trinajstić information content (AvgIpc) is 2.57. The summed E-state index contributed by atoms with van der Waals surface area (Å²) in [6.45, 7) is 0.280. The van der Waals surface area contributed by atoms with E-state index < -0.39 is 27.7 Å². The third kappa shape index (κ3) is 4.69. The van der Waals surface area contributed by atoms with Gasteiger partial charge in [0, 0.05) is 0 Å². The second-order valence-electron chi connectivity index (χ2n) is 5.75. The van der Waals surface area contributed by atoms with Crippen LogP contribution in [0, 0.1) is 0 Å². The van der Waals surface area contributed by atoms with Crippen molar-refractivity contribution in [2.75, 3.05) is 10.0 Å². The Morgan fingerprint density at radius 1 is 1.04 bits per heavy atom. The molecule has 0 aliphatic heterocycles. The van der Waals surface area contributed by atoms with E-state index in [0.717, 1.165) is 18.2 Å². The number of halogens is 5. The van der Waals surface area contributed by atoms with E-state index >= 15 is 0 Å². The molecule has 0 fully saturated rings. The van der Waals surface area contributed by atoms with Crippen LogP contribution in [0.5, 0.6) is 0 Å². The third-order valence-electron chi connectivity index (χ3n) is 3.61. The van der Waals surface area contributed by atoms with E-state index in [1.807, 2.05) is 5.32 Å². The molecular weight excluding hydrogens is 444 g/mol. The quantitative estimate of drug-likeness (QED) is 0.632. The molecule has 0 bridgehead atoms. The van der Waals surface area contributed by atoms with E-state index in [2.05, 4.69) is 4.72 Å². The zero-order valence-corrected chi connectivity index (χ0v) is 16.3. The molecule has 3 N–H and O–H groups in total. The molecule has 0 aromatic heterocycles. The summed E-state index contributed by atoms with van der Waals surface area (Å²) in [6, 6.07) is 8.99. The number of carbonyl (C=O) groups is 1. The van der Waals surface area contributed by atoms with Crippen molar-refractivity contribution in [2.45, 2.75) is 23.6 Å². The first-order chi connectivity index (χ1) is 12.8. The van der Waals surface area contributed by atoms with Crippen molar-refractivity contribution in [3.05, 3.63) is 52.5 Å². The summed E-state index contributed by atoms with van der Waals surface area (Å²) in [4.78, 5) is 11.4. The number of alkyl halides is 3. The molecule has 28 heavy (non-hydrogen) atoms. The lowest BCUT2D eigenvalue weighted by molar-refractivity contribution is -0.242. The van der Waals surface area contributed by atoms with Gasteiger partial charge < -0.3 is 10.4 Å². The minimum Gasteiger partial charge on any atom is -0.373 e. The van der Waals surface area contributed by atoms with Gasteiger partial charge in [0.1, 0.15) is 0 Å². The summed E-state index contributed by atoms with van der Waals surface area (Å²) in [5.41, 5.74) is -3.86. The van der Waals surface area contributed by atoms with Crippen molar-refractivity contribution in [1.29, 1.82) is 0 Å². The standard InChI is InChI=1S/C16H13Cl2F3N2O4S/c1-15(25,16(19,20)21)14(24)22-12-7-6-9(8-11(12)18)28(26,27)23-13-5-3-2-4-10(13)17/h2-8,23,25H,1H3,(H,22,24). The van der Waals surface area contributed by atoms with Crippen LogP contribution in [0.1, 0.15) is 6.92 Å². The number of hydrogen-bond acceptors (Lipinski definition) is 4. The summed E-state index contributed by atoms with van der Waals surface area (Å²) >= 11 is 11.8. The lowest BCUT2D eigenvalue weighted by Crippen LogP contribution is -2.52. The number of nitrogens with one attached hydrogen (secondary N) is 2. The fourth-order valence-corrected chi connectivity index (χ4v) is 3.52. The lowest BCUT2D eigenvalue weighted by Gasteiger charge is -2.25. The zero-order chi connectivity index (χ0) is 21.3. The van der Waals surface area contributed by atoms with Crippen molar-refractivity contribution >= 4 is 50.5 Å². The molecule has 152 valence electrons. The summed E-state index contributed by atoms with van der Waals surface area (Å²) in [5, 5.41) is 11.0. The van der Waals surface area contributed by atoms with Gasteiger partial charge in [-0.25, -0.2) is 8.42 Å². The highest BCUT2D eigenvalue weighted by Gasteiger charge is 2.55. The van der Waals surface area contributed by atoms with E-state index in [1.165, 1.54) is 12.1 Å². The molecule has 1 atom stereocenters. The molecule has 2 aromatic carbocycles. The molecule has 2 aromatic rings. The first-order valence-corrected chi connectivity index (χ1v) is 9.67. The Kier molecular flexibility index (Phi) is 6.19. The predicted molar refractivity (Wildman–Crippen MR) is 99.0 cm³/mol. The number of amides is 1. The maximum atomic E-state index is 12.7. The predicted octanol–water partition coefficient (Wildman–Crippen LogP) is 4.05. The van der Waals surface area contributed by atoms with Crippen LogP contribution in [-0.4, -0.2) is 31.2 Å². The molecule has 1 unspecified atom stereocenters. The Morgan fingerprint density at radius 3 is 2.18 bits per heavy atom. The number of hydrogen-bond donors (Lipinski definition) is 3. The minimum absolute atomic E-state index is 0.110. The van der Waals surface area contributed by atoms with Crippen LogP contribution >= 0.6 is 23.2 Å². The molecule has 6 nitrogen and oxygen atoms in total. The summed E-state index contributed by atoms with van der Waals surface area (Å²) in [5.74, 6) is -1.77. The number of benzene rings is 2. The normalized spacial score (nSPS) is 14.2. The Morgan fingerprint density at radius 2 is 1.64 bits per heavy atom. The van der Waals surface area contributed by atoms with Gasteiger partial charge in [0.25, 0.3) is 15.9 Å².